The summed E-state index contributed by atoms with van der Waals surface area (Å²) in [5, 5.41) is 0. The van der Waals surface area contributed by atoms with Crippen molar-refractivity contribution in [3.63, 3.8) is 0 Å². The Kier molecular flexibility index (Phi) is 5.05. The van der Waals surface area contributed by atoms with Gasteiger partial charge < -0.3 is 9.47 Å². The molecule has 0 spiro atoms. The number of rotatable bonds is 6. The largest absolute Gasteiger partial charge is 0.468 e. The standard InChI is InChI=1S/C14H24O3/c1-4-6-7-9-14(13(15)16-3)11-17-10-12(14)8-5-2/h8H,4-7,9-11H2,1-3H3/b12-8+/i8D. The van der Waals surface area contributed by atoms with E-state index < -0.39 is 5.41 Å². The molecule has 17 heavy (non-hydrogen) atoms. The quantitative estimate of drug-likeness (QED) is 0.407. The van der Waals surface area contributed by atoms with Gasteiger partial charge in [0.1, 0.15) is 5.41 Å². The number of hydrogen-bond donors (Lipinski definition) is 0. The molecule has 1 fully saturated rings. The number of carbonyl (C=O) groups is 1. The first-order valence-electron chi connectivity index (χ1n) is 6.97. The molecule has 1 atom stereocenters. The van der Waals surface area contributed by atoms with E-state index in [0.717, 1.165) is 31.3 Å². The summed E-state index contributed by atoms with van der Waals surface area (Å²) in [4.78, 5) is 12.1. The SMILES string of the molecule is [2H]/C(CC)=C1/COCC1(CCCCC)C(=O)OC. The van der Waals surface area contributed by atoms with Crippen LogP contribution in [0, 0.1) is 5.41 Å². The van der Waals surface area contributed by atoms with E-state index in [1.54, 1.807) is 0 Å². The molecule has 0 amide bonds. The highest BCUT2D eigenvalue weighted by Crippen LogP contribution is 2.40. The number of hydrogen-bond acceptors (Lipinski definition) is 3. The predicted molar refractivity (Wildman–Crippen MR) is 67.8 cm³/mol. The van der Waals surface area contributed by atoms with E-state index in [1.807, 2.05) is 6.92 Å². The Morgan fingerprint density at radius 3 is 2.94 bits per heavy atom. The molecule has 1 heterocycles. The van der Waals surface area contributed by atoms with Crippen LogP contribution < -0.4 is 0 Å². The average Bonchev–Trinajstić information content (AvgIpc) is 2.82. The lowest BCUT2D eigenvalue weighted by Gasteiger charge is -2.26. The second-order valence-electron chi connectivity index (χ2n) is 4.53. The Hall–Kier alpha value is -0.830. The minimum atomic E-state index is -0.697. The summed E-state index contributed by atoms with van der Waals surface area (Å²) in [5.74, 6) is -0.246. The maximum Gasteiger partial charge on any atom is 0.318 e. The van der Waals surface area contributed by atoms with Gasteiger partial charge in [0.15, 0.2) is 0 Å². The summed E-state index contributed by atoms with van der Waals surface area (Å²) in [5.41, 5.74) is 0.129. The lowest BCUT2D eigenvalue weighted by molar-refractivity contribution is -0.151. The Balaban J connectivity index is 2.99. The van der Waals surface area contributed by atoms with Crippen molar-refractivity contribution < 1.29 is 15.6 Å². The highest BCUT2D eigenvalue weighted by atomic mass is 16.5. The molecule has 1 aliphatic rings. The minimum Gasteiger partial charge on any atom is -0.468 e. The average molecular weight is 241 g/mol. The second-order valence-corrected chi connectivity index (χ2v) is 4.53. The fraction of sp³-hybridized carbons (Fsp3) is 0.786. The van der Waals surface area contributed by atoms with E-state index in [2.05, 4.69) is 6.92 Å². The third-order valence-electron chi connectivity index (χ3n) is 3.35. The summed E-state index contributed by atoms with van der Waals surface area (Å²) >= 11 is 0. The molecular weight excluding hydrogens is 216 g/mol. The monoisotopic (exact) mass is 241 g/mol. The minimum absolute atomic E-state index is 0.246. The van der Waals surface area contributed by atoms with Gasteiger partial charge in [-0.3, -0.25) is 4.79 Å². The Morgan fingerprint density at radius 1 is 1.59 bits per heavy atom. The van der Waals surface area contributed by atoms with Crippen LogP contribution in [0.5, 0.6) is 0 Å². The summed E-state index contributed by atoms with van der Waals surface area (Å²) in [7, 11) is 1.41. The van der Waals surface area contributed by atoms with Crippen molar-refractivity contribution in [2.75, 3.05) is 20.3 Å². The summed E-state index contributed by atoms with van der Waals surface area (Å²) in [6, 6.07) is 0.523. The maximum atomic E-state index is 12.1. The van der Waals surface area contributed by atoms with Crippen LogP contribution in [0.2, 0.25) is 0 Å². The fourth-order valence-electron chi connectivity index (χ4n) is 2.37. The van der Waals surface area contributed by atoms with E-state index >= 15 is 0 Å². The van der Waals surface area contributed by atoms with Crippen LogP contribution in [-0.2, 0) is 14.3 Å². The van der Waals surface area contributed by atoms with Gasteiger partial charge in [0.2, 0.25) is 0 Å². The number of ether oxygens (including phenoxy) is 2. The topological polar surface area (TPSA) is 35.5 Å². The van der Waals surface area contributed by atoms with Crippen LogP contribution in [0.25, 0.3) is 0 Å². The van der Waals surface area contributed by atoms with Crippen LogP contribution in [0.4, 0.5) is 0 Å². The van der Waals surface area contributed by atoms with Crippen molar-refractivity contribution in [1.29, 1.82) is 0 Å². The Morgan fingerprint density at radius 2 is 2.35 bits per heavy atom. The molecule has 0 bridgehead atoms. The zero-order valence-electron chi connectivity index (χ0n) is 12.2. The van der Waals surface area contributed by atoms with Crippen molar-refractivity contribution in [2.24, 2.45) is 5.41 Å². The molecule has 1 unspecified atom stereocenters. The van der Waals surface area contributed by atoms with Gasteiger partial charge in [0, 0.05) is 0 Å². The number of allylic oxidation sites excluding steroid dienone is 1. The smallest absolute Gasteiger partial charge is 0.318 e. The van der Waals surface area contributed by atoms with Crippen molar-refractivity contribution in [1.82, 2.24) is 0 Å². The lowest BCUT2D eigenvalue weighted by atomic mass is 9.77. The molecule has 1 rings (SSSR count). The highest BCUT2D eigenvalue weighted by molar-refractivity contribution is 5.81. The fourth-order valence-corrected chi connectivity index (χ4v) is 2.37. The Labute approximate surface area is 106 Å². The van der Waals surface area contributed by atoms with Crippen molar-refractivity contribution in [3.8, 4) is 0 Å². The van der Waals surface area contributed by atoms with Gasteiger partial charge in [0.25, 0.3) is 0 Å². The van der Waals surface area contributed by atoms with Crippen molar-refractivity contribution in [2.45, 2.75) is 46.0 Å². The molecule has 1 aliphatic heterocycles. The maximum absolute atomic E-state index is 12.1. The summed E-state index contributed by atoms with van der Waals surface area (Å²) < 4.78 is 18.4. The van der Waals surface area contributed by atoms with Crippen LogP contribution >= 0.6 is 0 Å². The zero-order chi connectivity index (χ0) is 13.6. The van der Waals surface area contributed by atoms with Gasteiger partial charge in [-0.2, -0.15) is 0 Å². The van der Waals surface area contributed by atoms with Crippen LogP contribution in [0.3, 0.4) is 0 Å². The first-order valence-corrected chi connectivity index (χ1v) is 6.47. The molecule has 3 heteroatoms. The Bertz CT molecular complexity index is 325. The molecule has 0 radical (unpaired) electrons. The normalized spacial score (nSPS) is 27.8. The molecule has 0 aromatic carbocycles. The van der Waals surface area contributed by atoms with Gasteiger partial charge in [-0.15, -0.1) is 0 Å². The molecule has 98 valence electrons. The molecule has 0 aliphatic carbocycles. The first kappa shape index (κ1) is 12.6. The molecule has 3 nitrogen and oxygen atoms in total. The van der Waals surface area contributed by atoms with Gasteiger partial charge >= 0.3 is 5.97 Å². The van der Waals surface area contributed by atoms with E-state index in [9.17, 15) is 4.79 Å². The predicted octanol–water partition coefficient (Wildman–Crippen LogP) is 3.09. The number of unbranched alkanes of at least 4 members (excludes halogenated alkanes) is 2. The van der Waals surface area contributed by atoms with Gasteiger partial charge in [-0.05, 0) is 18.4 Å². The van der Waals surface area contributed by atoms with Gasteiger partial charge in [-0.25, -0.2) is 0 Å². The van der Waals surface area contributed by atoms with Crippen molar-refractivity contribution >= 4 is 5.97 Å². The van der Waals surface area contributed by atoms with Crippen LogP contribution in [-0.4, -0.2) is 26.3 Å². The van der Waals surface area contributed by atoms with Crippen molar-refractivity contribution in [3.05, 3.63) is 11.6 Å². The molecule has 0 N–H and O–H groups in total. The van der Waals surface area contributed by atoms with E-state index in [4.69, 9.17) is 10.8 Å². The molecule has 0 aromatic heterocycles. The lowest BCUT2D eigenvalue weighted by Crippen LogP contribution is -2.34. The molecule has 1 saturated heterocycles. The first-order chi connectivity index (χ1) is 8.62. The van der Waals surface area contributed by atoms with Gasteiger partial charge in [-0.1, -0.05) is 39.2 Å². The van der Waals surface area contributed by atoms with Crippen LogP contribution in [0.15, 0.2) is 11.6 Å². The molecule has 0 saturated carbocycles. The highest BCUT2D eigenvalue weighted by Gasteiger charge is 2.46. The molecular formula is C14H24O3. The summed E-state index contributed by atoms with van der Waals surface area (Å²) in [6.07, 6.45) is 4.52. The number of carbonyl (C=O) groups excluding carboxylic acids is 1. The van der Waals surface area contributed by atoms with E-state index in [0.29, 0.717) is 25.7 Å². The summed E-state index contributed by atoms with van der Waals surface area (Å²) in [6.45, 7) is 4.82. The third kappa shape index (κ3) is 3.09. The zero-order valence-corrected chi connectivity index (χ0v) is 11.2. The number of esters is 1. The van der Waals surface area contributed by atoms with E-state index in [-0.39, 0.29) is 5.97 Å². The molecule has 0 aromatic rings. The van der Waals surface area contributed by atoms with E-state index in [1.165, 1.54) is 7.11 Å². The third-order valence-corrected chi connectivity index (χ3v) is 3.35. The van der Waals surface area contributed by atoms with Crippen LogP contribution in [0.1, 0.15) is 47.3 Å². The second kappa shape index (κ2) is 6.80. The van der Waals surface area contributed by atoms with Gasteiger partial charge in [0.05, 0.1) is 21.7 Å². The number of methoxy groups -OCH3 is 1.